The number of piperazine rings is 1. The lowest BCUT2D eigenvalue weighted by Gasteiger charge is -2.37. The molecule has 0 unspecified atom stereocenters. The first kappa shape index (κ1) is 17.2. The first-order chi connectivity index (χ1) is 12.6. The van der Waals surface area contributed by atoms with Gasteiger partial charge in [0.15, 0.2) is 0 Å². The summed E-state index contributed by atoms with van der Waals surface area (Å²) in [6, 6.07) is 13.1. The van der Waals surface area contributed by atoms with Crippen LogP contribution in [0.3, 0.4) is 0 Å². The molecule has 2 aromatic rings. The molecule has 1 saturated heterocycles. The molecule has 3 nitrogen and oxygen atoms in total. The maximum Gasteiger partial charge on any atom is 0.226 e. The summed E-state index contributed by atoms with van der Waals surface area (Å²) in [5, 5.41) is 0. The zero-order valence-corrected chi connectivity index (χ0v) is 14.6. The van der Waals surface area contributed by atoms with Crippen molar-refractivity contribution in [2.24, 2.45) is 5.92 Å². The molecule has 0 radical (unpaired) electrons. The fourth-order valence-corrected chi connectivity index (χ4v) is 3.87. The van der Waals surface area contributed by atoms with Gasteiger partial charge in [-0.15, -0.1) is 0 Å². The normalized spacial score (nSPS) is 18.3. The minimum absolute atomic E-state index is 0.00868. The number of hydrogen-bond acceptors (Lipinski definition) is 1. The third-order valence-corrected chi connectivity index (χ3v) is 5.46. The molecule has 4 rings (SSSR count). The molecule has 1 aliphatic heterocycles. The van der Waals surface area contributed by atoms with Gasteiger partial charge >= 0.3 is 0 Å². The molecule has 1 N–H and O–H groups in total. The van der Waals surface area contributed by atoms with Crippen LogP contribution in [0.5, 0.6) is 0 Å². The van der Waals surface area contributed by atoms with Gasteiger partial charge in [-0.1, -0.05) is 0 Å². The zero-order valence-electron chi connectivity index (χ0n) is 14.6. The molecular formula is C21H23F2N2O+. The predicted octanol–water partition coefficient (Wildman–Crippen LogP) is 2.19. The number of carbonyl (C=O) groups is 1. The number of carbonyl (C=O) groups excluding carboxylic acids is 1. The Morgan fingerprint density at radius 1 is 0.885 bits per heavy atom. The largest absolute Gasteiger partial charge is 0.331 e. The van der Waals surface area contributed by atoms with E-state index in [1.165, 1.54) is 29.2 Å². The lowest BCUT2D eigenvalue weighted by Crippen LogP contribution is -3.15. The molecule has 136 valence electrons. The van der Waals surface area contributed by atoms with Crippen LogP contribution in [0.15, 0.2) is 48.5 Å². The van der Waals surface area contributed by atoms with Gasteiger partial charge in [-0.2, -0.15) is 0 Å². The van der Waals surface area contributed by atoms with Crippen molar-refractivity contribution in [2.75, 3.05) is 26.2 Å². The Morgan fingerprint density at radius 3 is 1.77 bits per heavy atom. The van der Waals surface area contributed by atoms with Crippen molar-refractivity contribution < 1.29 is 18.5 Å². The second kappa shape index (κ2) is 7.16. The van der Waals surface area contributed by atoms with Gasteiger partial charge in [0.25, 0.3) is 0 Å². The number of nitrogens with zero attached hydrogens (tertiary/aromatic N) is 1. The monoisotopic (exact) mass is 357 g/mol. The van der Waals surface area contributed by atoms with E-state index >= 15 is 0 Å². The standard InChI is InChI=1S/C21H22F2N2O/c22-18-7-3-15(4-8-18)20(16-5-9-19(23)10-6-16)24-11-13-25(14-12-24)21(26)17-1-2-17/h3-10,17,20H,1-2,11-14H2/p+1. The van der Waals surface area contributed by atoms with Crippen molar-refractivity contribution >= 4 is 5.91 Å². The summed E-state index contributed by atoms with van der Waals surface area (Å²) in [4.78, 5) is 15.6. The Balaban J connectivity index is 1.56. The number of quaternary nitrogens is 1. The third kappa shape index (κ3) is 3.63. The van der Waals surface area contributed by atoms with Crippen molar-refractivity contribution in [2.45, 2.75) is 18.9 Å². The number of benzene rings is 2. The smallest absolute Gasteiger partial charge is 0.226 e. The fraction of sp³-hybridized carbons (Fsp3) is 0.381. The Labute approximate surface area is 152 Å². The van der Waals surface area contributed by atoms with Crippen molar-refractivity contribution in [3.63, 3.8) is 0 Å². The van der Waals surface area contributed by atoms with Crippen molar-refractivity contribution in [1.82, 2.24) is 4.90 Å². The summed E-state index contributed by atoms with van der Waals surface area (Å²) in [7, 11) is 0. The molecule has 26 heavy (non-hydrogen) atoms. The molecule has 0 spiro atoms. The SMILES string of the molecule is O=C(C1CC1)N1CC[NH+](C(c2ccc(F)cc2)c2ccc(F)cc2)CC1. The van der Waals surface area contributed by atoms with Gasteiger partial charge in [0.05, 0.1) is 26.2 Å². The van der Waals surface area contributed by atoms with Gasteiger partial charge in [-0.25, -0.2) is 8.78 Å². The highest BCUT2D eigenvalue weighted by molar-refractivity contribution is 5.81. The summed E-state index contributed by atoms with van der Waals surface area (Å²) >= 11 is 0. The molecular weight excluding hydrogens is 334 g/mol. The molecule has 2 fully saturated rings. The van der Waals surface area contributed by atoms with Crippen LogP contribution >= 0.6 is 0 Å². The summed E-state index contributed by atoms with van der Waals surface area (Å²) in [5.74, 6) is 0.0219. The number of nitrogens with one attached hydrogen (secondary N) is 1. The minimum Gasteiger partial charge on any atom is -0.331 e. The van der Waals surface area contributed by atoms with Gasteiger partial charge < -0.3 is 9.80 Å². The zero-order chi connectivity index (χ0) is 18.1. The summed E-state index contributed by atoms with van der Waals surface area (Å²) < 4.78 is 26.7. The van der Waals surface area contributed by atoms with Crippen molar-refractivity contribution in [3.05, 3.63) is 71.3 Å². The molecule has 5 heteroatoms. The van der Waals surface area contributed by atoms with Gasteiger partial charge in [0.1, 0.15) is 17.7 Å². The van der Waals surface area contributed by atoms with E-state index in [-0.39, 0.29) is 23.6 Å². The van der Waals surface area contributed by atoms with E-state index in [9.17, 15) is 13.6 Å². The van der Waals surface area contributed by atoms with E-state index in [1.54, 1.807) is 24.3 Å². The second-order valence-electron chi connectivity index (χ2n) is 7.29. The van der Waals surface area contributed by atoms with Crippen LogP contribution in [0.2, 0.25) is 0 Å². The number of amides is 1. The Hall–Kier alpha value is -2.27. The molecule has 1 aliphatic carbocycles. The summed E-state index contributed by atoms with van der Waals surface area (Å²) in [6.45, 7) is 3.14. The molecule has 1 amide bonds. The van der Waals surface area contributed by atoms with E-state index in [0.717, 1.165) is 50.1 Å². The maximum atomic E-state index is 13.4. The Morgan fingerprint density at radius 2 is 1.35 bits per heavy atom. The molecule has 1 saturated carbocycles. The number of hydrogen-bond donors (Lipinski definition) is 1. The van der Waals surface area contributed by atoms with Crippen LogP contribution in [0.25, 0.3) is 0 Å². The van der Waals surface area contributed by atoms with E-state index in [2.05, 4.69) is 0 Å². The molecule has 2 aliphatic rings. The summed E-state index contributed by atoms with van der Waals surface area (Å²) in [6.07, 6.45) is 2.05. The van der Waals surface area contributed by atoms with Gasteiger partial charge in [-0.05, 0) is 61.4 Å². The summed E-state index contributed by atoms with van der Waals surface area (Å²) in [5.41, 5.74) is 2.02. The number of halogens is 2. The average molecular weight is 357 g/mol. The second-order valence-corrected chi connectivity index (χ2v) is 7.29. The topological polar surface area (TPSA) is 24.8 Å². The highest BCUT2D eigenvalue weighted by atomic mass is 19.1. The first-order valence-electron chi connectivity index (χ1n) is 9.26. The molecule has 0 atom stereocenters. The number of rotatable bonds is 4. The van der Waals surface area contributed by atoms with Gasteiger partial charge in [0, 0.05) is 17.0 Å². The van der Waals surface area contributed by atoms with E-state index in [0.29, 0.717) is 5.91 Å². The van der Waals surface area contributed by atoms with E-state index < -0.39 is 0 Å². The quantitative estimate of drug-likeness (QED) is 0.892. The van der Waals surface area contributed by atoms with E-state index in [4.69, 9.17) is 0 Å². The first-order valence-corrected chi connectivity index (χ1v) is 9.26. The van der Waals surface area contributed by atoms with Crippen molar-refractivity contribution in [1.29, 1.82) is 0 Å². The lowest BCUT2D eigenvalue weighted by atomic mass is 9.96. The van der Waals surface area contributed by atoms with Crippen LogP contribution in [0, 0.1) is 17.6 Å². The highest BCUT2D eigenvalue weighted by Gasteiger charge is 2.37. The maximum absolute atomic E-state index is 13.4. The minimum atomic E-state index is -0.263. The molecule has 0 aromatic heterocycles. The van der Waals surface area contributed by atoms with Crippen LogP contribution in [0.4, 0.5) is 8.78 Å². The average Bonchev–Trinajstić information content (AvgIpc) is 3.50. The predicted molar refractivity (Wildman–Crippen MR) is 94.6 cm³/mol. The molecule has 0 bridgehead atoms. The van der Waals surface area contributed by atoms with Crippen molar-refractivity contribution in [3.8, 4) is 0 Å². The van der Waals surface area contributed by atoms with Crippen LogP contribution < -0.4 is 4.90 Å². The van der Waals surface area contributed by atoms with Crippen LogP contribution in [-0.4, -0.2) is 37.0 Å². The molecule has 1 heterocycles. The third-order valence-electron chi connectivity index (χ3n) is 5.46. The highest BCUT2D eigenvalue weighted by Crippen LogP contribution is 2.31. The van der Waals surface area contributed by atoms with E-state index in [1.807, 2.05) is 4.90 Å². The lowest BCUT2D eigenvalue weighted by molar-refractivity contribution is -0.929. The molecule has 2 aromatic carbocycles. The fourth-order valence-electron chi connectivity index (χ4n) is 3.87. The van der Waals surface area contributed by atoms with Crippen LogP contribution in [-0.2, 0) is 4.79 Å². The van der Waals surface area contributed by atoms with Gasteiger partial charge in [-0.3, -0.25) is 4.79 Å². The Bertz CT molecular complexity index is 718. The van der Waals surface area contributed by atoms with Gasteiger partial charge in [0.2, 0.25) is 5.91 Å². The Kier molecular flexibility index (Phi) is 4.72. The van der Waals surface area contributed by atoms with Crippen LogP contribution in [0.1, 0.15) is 30.0 Å².